The summed E-state index contributed by atoms with van der Waals surface area (Å²) in [6.07, 6.45) is 3.25. The lowest BCUT2D eigenvalue weighted by Crippen LogP contribution is -2.28. The minimum absolute atomic E-state index is 0.228. The molecule has 1 aliphatic heterocycles. The van der Waals surface area contributed by atoms with E-state index in [0.29, 0.717) is 18.9 Å². The van der Waals surface area contributed by atoms with Crippen LogP contribution in [0.1, 0.15) is 12.8 Å². The number of pyridine rings is 1. The molecule has 1 saturated heterocycles. The van der Waals surface area contributed by atoms with Crippen molar-refractivity contribution in [3.05, 3.63) is 79.0 Å². The van der Waals surface area contributed by atoms with Gasteiger partial charge in [0.25, 0.3) is 0 Å². The molecule has 7 heteroatoms. The van der Waals surface area contributed by atoms with Crippen molar-refractivity contribution in [3.63, 3.8) is 0 Å². The van der Waals surface area contributed by atoms with Gasteiger partial charge in [0.2, 0.25) is 10.0 Å². The monoisotopic (exact) mass is 394 g/mol. The highest BCUT2D eigenvalue weighted by molar-refractivity contribution is 7.89. The van der Waals surface area contributed by atoms with Crippen LogP contribution in [0, 0.1) is 0 Å². The van der Waals surface area contributed by atoms with Crippen LogP contribution in [-0.2, 0) is 10.0 Å². The SMILES string of the molecule is O=S(=O)(c1ccc(NN(c2ccccc2)c2ccccc2)nc1)N1CCCC1. The highest BCUT2D eigenvalue weighted by atomic mass is 32.2. The standard InChI is InChI=1S/C21H22N4O2S/c26-28(27,24-15-7-8-16-24)20-13-14-21(22-17-20)23-25(18-9-3-1-4-10-18)19-11-5-2-6-12-19/h1-6,9-14,17H,7-8,15-16H2,(H,22,23). The highest BCUT2D eigenvalue weighted by Crippen LogP contribution is 2.26. The summed E-state index contributed by atoms with van der Waals surface area (Å²) in [4.78, 5) is 4.58. The zero-order valence-corrected chi connectivity index (χ0v) is 16.2. The maximum Gasteiger partial charge on any atom is 0.244 e. The number of anilines is 3. The average molecular weight is 395 g/mol. The van der Waals surface area contributed by atoms with E-state index in [1.165, 1.54) is 10.5 Å². The fourth-order valence-corrected chi connectivity index (χ4v) is 4.69. The number of hydrogen-bond donors (Lipinski definition) is 1. The molecule has 1 aromatic heterocycles. The molecular formula is C21H22N4O2S. The Bertz CT molecular complexity index is 964. The van der Waals surface area contributed by atoms with E-state index in [9.17, 15) is 8.42 Å². The zero-order valence-electron chi connectivity index (χ0n) is 15.4. The van der Waals surface area contributed by atoms with Crippen LogP contribution in [0.25, 0.3) is 0 Å². The normalized spacial score (nSPS) is 14.7. The minimum Gasteiger partial charge on any atom is -0.277 e. The van der Waals surface area contributed by atoms with Gasteiger partial charge in [-0.3, -0.25) is 10.4 Å². The lowest BCUT2D eigenvalue weighted by atomic mass is 10.2. The Morgan fingerprint density at radius 1 is 0.821 bits per heavy atom. The molecule has 0 unspecified atom stereocenters. The van der Waals surface area contributed by atoms with Crippen LogP contribution in [-0.4, -0.2) is 30.8 Å². The molecule has 1 aliphatic rings. The molecule has 144 valence electrons. The zero-order chi connectivity index (χ0) is 19.4. The van der Waals surface area contributed by atoms with Gasteiger partial charge in [-0.25, -0.2) is 13.4 Å². The van der Waals surface area contributed by atoms with E-state index >= 15 is 0 Å². The Morgan fingerprint density at radius 3 is 1.89 bits per heavy atom. The molecule has 0 bridgehead atoms. The lowest BCUT2D eigenvalue weighted by Gasteiger charge is -2.26. The van der Waals surface area contributed by atoms with E-state index in [2.05, 4.69) is 10.4 Å². The Labute approximate surface area is 165 Å². The van der Waals surface area contributed by atoms with Gasteiger partial charge in [0, 0.05) is 19.3 Å². The van der Waals surface area contributed by atoms with E-state index in [1.54, 1.807) is 12.1 Å². The summed E-state index contributed by atoms with van der Waals surface area (Å²) in [5.41, 5.74) is 5.17. The molecule has 0 atom stereocenters. The Morgan fingerprint density at radius 2 is 1.39 bits per heavy atom. The predicted octanol–water partition coefficient (Wildman–Crippen LogP) is 4.03. The van der Waals surface area contributed by atoms with E-state index < -0.39 is 10.0 Å². The van der Waals surface area contributed by atoms with Gasteiger partial charge >= 0.3 is 0 Å². The number of nitrogens with one attached hydrogen (secondary N) is 1. The quantitative estimate of drug-likeness (QED) is 0.640. The van der Waals surface area contributed by atoms with E-state index in [-0.39, 0.29) is 4.90 Å². The van der Waals surface area contributed by atoms with Crippen molar-refractivity contribution in [1.29, 1.82) is 0 Å². The van der Waals surface area contributed by atoms with Crippen molar-refractivity contribution in [2.24, 2.45) is 0 Å². The molecule has 3 aromatic rings. The van der Waals surface area contributed by atoms with E-state index in [1.807, 2.05) is 65.7 Å². The van der Waals surface area contributed by atoms with Crippen LogP contribution < -0.4 is 10.4 Å². The van der Waals surface area contributed by atoms with Gasteiger partial charge < -0.3 is 0 Å². The summed E-state index contributed by atoms with van der Waals surface area (Å²) in [5, 5.41) is 1.91. The Hall–Kier alpha value is -2.90. The second-order valence-electron chi connectivity index (χ2n) is 6.61. The summed E-state index contributed by atoms with van der Waals surface area (Å²) in [6, 6.07) is 23.1. The average Bonchev–Trinajstić information content (AvgIpc) is 3.30. The molecule has 6 nitrogen and oxygen atoms in total. The summed E-state index contributed by atoms with van der Waals surface area (Å²) in [6.45, 7) is 1.16. The molecule has 0 radical (unpaired) electrons. The molecule has 2 aromatic carbocycles. The van der Waals surface area contributed by atoms with Crippen molar-refractivity contribution < 1.29 is 8.42 Å². The summed E-state index contributed by atoms with van der Waals surface area (Å²) >= 11 is 0. The number of para-hydroxylation sites is 2. The van der Waals surface area contributed by atoms with Crippen molar-refractivity contribution in [1.82, 2.24) is 9.29 Å². The van der Waals surface area contributed by atoms with Crippen molar-refractivity contribution in [2.75, 3.05) is 23.5 Å². The Balaban J connectivity index is 1.59. The molecule has 28 heavy (non-hydrogen) atoms. The van der Waals surface area contributed by atoms with Crippen LogP contribution in [0.4, 0.5) is 17.2 Å². The van der Waals surface area contributed by atoms with Crippen molar-refractivity contribution in [2.45, 2.75) is 17.7 Å². The van der Waals surface area contributed by atoms with Crippen LogP contribution in [0.15, 0.2) is 83.9 Å². The molecular weight excluding hydrogens is 372 g/mol. The minimum atomic E-state index is -3.46. The van der Waals surface area contributed by atoms with Gasteiger partial charge in [0.05, 0.1) is 11.4 Å². The second-order valence-corrected chi connectivity index (χ2v) is 8.55. The van der Waals surface area contributed by atoms with Gasteiger partial charge in [-0.2, -0.15) is 4.31 Å². The number of hydrogen-bond acceptors (Lipinski definition) is 5. The third kappa shape index (κ3) is 3.85. The maximum atomic E-state index is 12.7. The first-order chi connectivity index (χ1) is 13.6. The molecule has 0 aliphatic carbocycles. The number of nitrogens with zero attached hydrogens (tertiary/aromatic N) is 3. The van der Waals surface area contributed by atoms with Gasteiger partial charge in [0.1, 0.15) is 10.7 Å². The van der Waals surface area contributed by atoms with Gasteiger partial charge in [-0.05, 0) is 49.2 Å². The van der Waals surface area contributed by atoms with Crippen molar-refractivity contribution >= 4 is 27.2 Å². The van der Waals surface area contributed by atoms with Gasteiger partial charge in [0.15, 0.2) is 0 Å². The molecule has 0 amide bonds. The molecule has 4 rings (SSSR count). The van der Waals surface area contributed by atoms with Crippen LogP contribution in [0.3, 0.4) is 0 Å². The number of benzene rings is 2. The predicted molar refractivity (Wildman–Crippen MR) is 111 cm³/mol. The number of aromatic nitrogens is 1. The van der Waals surface area contributed by atoms with Gasteiger partial charge in [-0.1, -0.05) is 36.4 Å². The largest absolute Gasteiger partial charge is 0.277 e. The molecule has 2 heterocycles. The Kier molecular flexibility index (Phi) is 5.27. The molecule has 0 spiro atoms. The smallest absolute Gasteiger partial charge is 0.244 e. The fraction of sp³-hybridized carbons (Fsp3) is 0.190. The van der Waals surface area contributed by atoms with E-state index in [4.69, 9.17) is 0 Å². The molecule has 1 fully saturated rings. The highest BCUT2D eigenvalue weighted by Gasteiger charge is 2.27. The first-order valence-corrected chi connectivity index (χ1v) is 10.7. The number of sulfonamides is 1. The van der Waals surface area contributed by atoms with Crippen LogP contribution >= 0.6 is 0 Å². The first kappa shape index (κ1) is 18.5. The first-order valence-electron chi connectivity index (χ1n) is 9.28. The third-order valence-corrected chi connectivity index (χ3v) is 6.58. The summed E-state index contributed by atoms with van der Waals surface area (Å²) in [7, 11) is -3.46. The molecule has 0 saturated carbocycles. The third-order valence-electron chi connectivity index (χ3n) is 4.69. The van der Waals surface area contributed by atoms with Crippen LogP contribution in [0.5, 0.6) is 0 Å². The maximum absolute atomic E-state index is 12.7. The summed E-state index contributed by atoms with van der Waals surface area (Å²) < 4.78 is 26.9. The van der Waals surface area contributed by atoms with Crippen LogP contribution in [0.2, 0.25) is 0 Å². The number of hydrazine groups is 1. The topological polar surface area (TPSA) is 65.5 Å². The summed E-state index contributed by atoms with van der Waals surface area (Å²) in [5.74, 6) is 0.563. The lowest BCUT2D eigenvalue weighted by molar-refractivity contribution is 0.477. The number of rotatable bonds is 6. The van der Waals surface area contributed by atoms with Gasteiger partial charge in [-0.15, -0.1) is 0 Å². The van der Waals surface area contributed by atoms with Crippen molar-refractivity contribution in [3.8, 4) is 0 Å². The second kappa shape index (κ2) is 8.00. The molecule has 1 N–H and O–H groups in total. The van der Waals surface area contributed by atoms with E-state index in [0.717, 1.165) is 24.2 Å². The fourth-order valence-electron chi connectivity index (χ4n) is 3.22.